The number of H-pyrrole nitrogens is 1. The molecular weight excluding hydrogens is 212 g/mol. The van der Waals surface area contributed by atoms with E-state index in [1.54, 1.807) is 0 Å². The molecule has 0 unspecified atom stereocenters. The summed E-state index contributed by atoms with van der Waals surface area (Å²) in [6, 6.07) is 6.74. The monoisotopic (exact) mass is 232 g/mol. The summed E-state index contributed by atoms with van der Waals surface area (Å²) in [5.41, 5.74) is 8.88. The summed E-state index contributed by atoms with van der Waals surface area (Å²) < 4.78 is 0. The topological polar surface area (TPSA) is 65.9 Å². The van der Waals surface area contributed by atoms with Crippen LogP contribution in [0.1, 0.15) is 13.8 Å². The molecule has 2 rings (SSSR count). The number of nitrogens with two attached hydrogens (primary N) is 1. The van der Waals surface area contributed by atoms with E-state index in [-0.39, 0.29) is 0 Å². The standard InChI is InChI=1S/C13H20N4/c1-9(2)17-13-8-10(15-6-4-14)7-12-11(13)3-5-16-12/h3,5,7-9,15-17H,4,6,14H2,1-2H3. The zero-order chi connectivity index (χ0) is 12.3. The van der Waals surface area contributed by atoms with Gasteiger partial charge < -0.3 is 21.4 Å². The molecule has 0 spiro atoms. The van der Waals surface area contributed by atoms with Gasteiger partial charge in [0.25, 0.3) is 0 Å². The molecule has 0 aliphatic heterocycles. The van der Waals surface area contributed by atoms with Gasteiger partial charge in [-0.05, 0) is 32.0 Å². The number of fused-ring (bicyclic) bond motifs is 1. The summed E-state index contributed by atoms with van der Waals surface area (Å²) >= 11 is 0. The summed E-state index contributed by atoms with van der Waals surface area (Å²) in [6.07, 6.45) is 1.96. The summed E-state index contributed by atoms with van der Waals surface area (Å²) in [5, 5.41) is 7.98. The van der Waals surface area contributed by atoms with Crippen LogP contribution in [0.5, 0.6) is 0 Å². The van der Waals surface area contributed by atoms with E-state index in [1.165, 1.54) is 5.39 Å². The number of benzene rings is 1. The highest BCUT2D eigenvalue weighted by Crippen LogP contribution is 2.27. The Morgan fingerprint density at radius 1 is 1.35 bits per heavy atom. The summed E-state index contributed by atoms with van der Waals surface area (Å²) in [4.78, 5) is 3.24. The van der Waals surface area contributed by atoms with Gasteiger partial charge in [0.2, 0.25) is 0 Å². The molecule has 0 aliphatic rings. The summed E-state index contributed by atoms with van der Waals surface area (Å²) in [6.45, 7) is 5.69. The molecule has 17 heavy (non-hydrogen) atoms. The Labute approximate surface area is 102 Å². The largest absolute Gasteiger partial charge is 0.384 e. The van der Waals surface area contributed by atoms with E-state index < -0.39 is 0 Å². The van der Waals surface area contributed by atoms with E-state index in [2.05, 4.69) is 47.7 Å². The van der Waals surface area contributed by atoms with Crippen molar-refractivity contribution in [1.29, 1.82) is 0 Å². The fourth-order valence-corrected chi connectivity index (χ4v) is 1.92. The lowest BCUT2D eigenvalue weighted by molar-refractivity contribution is 0.902. The first-order chi connectivity index (χ1) is 8.20. The molecule has 1 heterocycles. The van der Waals surface area contributed by atoms with Crippen molar-refractivity contribution in [3.63, 3.8) is 0 Å². The number of aromatic nitrogens is 1. The van der Waals surface area contributed by atoms with Crippen LogP contribution < -0.4 is 16.4 Å². The molecule has 0 amide bonds. The van der Waals surface area contributed by atoms with Crippen LogP contribution in [0.2, 0.25) is 0 Å². The Kier molecular flexibility index (Phi) is 3.54. The predicted molar refractivity (Wildman–Crippen MR) is 74.6 cm³/mol. The Bertz CT molecular complexity index is 487. The third-order valence-electron chi connectivity index (χ3n) is 2.59. The number of rotatable bonds is 5. The molecule has 4 heteroatoms. The van der Waals surface area contributed by atoms with Crippen molar-refractivity contribution in [2.75, 3.05) is 23.7 Å². The van der Waals surface area contributed by atoms with E-state index in [0.717, 1.165) is 23.4 Å². The first-order valence-electron chi connectivity index (χ1n) is 6.02. The van der Waals surface area contributed by atoms with Crippen LogP contribution in [0, 0.1) is 0 Å². The van der Waals surface area contributed by atoms with Crippen molar-refractivity contribution in [2.24, 2.45) is 5.73 Å². The van der Waals surface area contributed by atoms with Gasteiger partial charge in [0, 0.05) is 47.6 Å². The predicted octanol–water partition coefficient (Wildman–Crippen LogP) is 2.36. The zero-order valence-electron chi connectivity index (χ0n) is 10.4. The molecule has 1 aromatic heterocycles. The highest BCUT2D eigenvalue weighted by atomic mass is 14.9. The third-order valence-corrected chi connectivity index (χ3v) is 2.59. The van der Waals surface area contributed by atoms with Crippen LogP contribution in [0.3, 0.4) is 0 Å². The van der Waals surface area contributed by atoms with Gasteiger partial charge in [-0.1, -0.05) is 0 Å². The van der Waals surface area contributed by atoms with Crippen molar-refractivity contribution >= 4 is 22.3 Å². The molecule has 0 fully saturated rings. The second kappa shape index (κ2) is 5.10. The highest BCUT2D eigenvalue weighted by molar-refractivity contribution is 5.95. The average molecular weight is 232 g/mol. The molecule has 0 radical (unpaired) electrons. The van der Waals surface area contributed by atoms with Gasteiger partial charge in [0.05, 0.1) is 0 Å². The first kappa shape index (κ1) is 11.8. The van der Waals surface area contributed by atoms with Crippen LogP contribution >= 0.6 is 0 Å². The second-order valence-electron chi connectivity index (χ2n) is 4.48. The fourth-order valence-electron chi connectivity index (χ4n) is 1.92. The minimum atomic E-state index is 0.415. The molecular formula is C13H20N4. The van der Waals surface area contributed by atoms with Gasteiger partial charge in [0.1, 0.15) is 0 Å². The molecule has 5 N–H and O–H groups in total. The van der Waals surface area contributed by atoms with E-state index >= 15 is 0 Å². The lowest BCUT2D eigenvalue weighted by atomic mass is 10.1. The summed E-state index contributed by atoms with van der Waals surface area (Å²) in [7, 11) is 0. The van der Waals surface area contributed by atoms with Crippen molar-refractivity contribution in [3.05, 3.63) is 24.4 Å². The molecule has 0 aliphatic carbocycles. The van der Waals surface area contributed by atoms with Crippen LogP contribution in [0.25, 0.3) is 10.9 Å². The maximum absolute atomic E-state index is 5.50. The van der Waals surface area contributed by atoms with E-state index in [1.807, 2.05) is 6.20 Å². The third kappa shape index (κ3) is 2.71. The van der Waals surface area contributed by atoms with Crippen molar-refractivity contribution in [1.82, 2.24) is 4.98 Å². The molecule has 92 valence electrons. The number of hydrogen-bond donors (Lipinski definition) is 4. The smallest absolute Gasteiger partial charge is 0.0495 e. The van der Waals surface area contributed by atoms with Crippen molar-refractivity contribution in [3.8, 4) is 0 Å². The Morgan fingerprint density at radius 2 is 2.18 bits per heavy atom. The molecule has 0 atom stereocenters. The molecule has 0 bridgehead atoms. The van der Waals surface area contributed by atoms with Crippen molar-refractivity contribution in [2.45, 2.75) is 19.9 Å². The first-order valence-corrected chi connectivity index (χ1v) is 6.02. The van der Waals surface area contributed by atoms with E-state index in [0.29, 0.717) is 12.6 Å². The fraction of sp³-hybridized carbons (Fsp3) is 0.385. The SMILES string of the molecule is CC(C)Nc1cc(NCCN)cc2[nH]ccc12. The number of nitrogens with one attached hydrogen (secondary N) is 3. The van der Waals surface area contributed by atoms with Crippen LogP contribution in [0.4, 0.5) is 11.4 Å². The Balaban J connectivity index is 2.36. The minimum Gasteiger partial charge on any atom is -0.384 e. The Hall–Kier alpha value is -1.68. The maximum Gasteiger partial charge on any atom is 0.0495 e. The van der Waals surface area contributed by atoms with Crippen LogP contribution in [-0.4, -0.2) is 24.1 Å². The molecule has 0 saturated carbocycles. The highest BCUT2D eigenvalue weighted by Gasteiger charge is 2.05. The molecule has 1 aromatic carbocycles. The Morgan fingerprint density at radius 3 is 2.88 bits per heavy atom. The van der Waals surface area contributed by atoms with E-state index in [4.69, 9.17) is 5.73 Å². The number of aromatic amines is 1. The second-order valence-corrected chi connectivity index (χ2v) is 4.48. The lowest BCUT2D eigenvalue weighted by Gasteiger charge is -2.14. The van der Waals surface area contributed by atoms with Gasteiger partial charge >= 0.3 is 0 Å². The van der Waals surface area contributed by atoms with Gasteiger partial charge in [-0.25, -0.2) is 0 Å². The maximum atomic E-state index is 5.50. The number of anilines is 2. The van der Waals surface area contributed by atoms with Gasteiger partial charge in [-0.3, -0.25) is 0 Å². The quantitative estimate of drug-likeness (QED) is 0.640. The van der Waals surface area contributed by atoms with Crippen LogP contribution in [-0.2, 0) is 0 Å². The van der Waals surface area contributed by atoms with Gasteiger partial charge in [0.15, 0.2) is 0 Å². The molecule has 2 aromatic rings. The zero-order valence-corrected chi connectivity index (χ0v) is 10.4. The molecule has 4 nitrogen and oxygen atoms in total. The molecule has 0 saturated heterocycles. The average Bonchev–Trinajstić information content (AvgIpc) is 2.73. The van der Waals surface area contributed by atoms with E-state index in [9.17, 15) is 0 Å². The van der Waals surface area contributed by atoms with Crippen LogP contribution in [0.15, 0.2) is 24.4 Å². The van der Waals surface area contributed by atoms with Gasteiger partial charge in [-0.2, -0.15) is 0 Å². The minimum absolute atomic E-state index is 0.415. The van der Waals surface area contributed by atoms with Gasteiger partial charge in [-0.15, -0.1) is 0 Å². The number of hydrogen-bond acceptors (Lipinski definition) is 3. The summed E-state index contributed by atoms with van der Waals surface area (Å²) in [5.74, 6) is 0. The lowest BCUT2D eigenvalue weighted by Crippen LogP contribution is -2.14. The normalized spacial score (nSPS) is 11.1. The van der Waals surface area contributed by atoms with Crippen molar-refractivity contribution < 1.29 is 0 Å².